The van der Waals surface area contributed by atoms with E-state index in [4.69, 9.17) is 21.1 Å². The lowest BCUT2D eigenvalue weighted by atomic mass is 10.0. The lowest BCUT2D eigenvalue weighted by Crippen LogP contribution is -2.49. The number of hydrogen-bond donors (Lipinski definition) is 1. The molecule has 214 valence electrons. The van der Waals surface area contributed by atoms with E-state index in [9.17, 15) is 41.7 Å². The zero-order chi connectivity index (χ0) is 30.4. The third kappa shape index (κ3) is 9.12. The first-order chi connectivity index (χ1) is 19.1. The van der Waals surface area contributed by atoms with Crippen LogP contribution in [0.25, 0.3) is 0 Å². The second-order valence-electron chi connectivity index (χ2n) is 8.27. The molecule has 1 amide bonds. The van der Waals surface area contributed by atoms with Gasteiger partial charge in [-0.25, -0.2) is 0 Å². The quantitative estimate of drug-likeness (QED) is 0.266. The molecule has 15 heteroatoms. The molecule has 0 spiro atoms. The number of halogens is 7. The molecule has 41 heavy (non-hydrogen) atoms. The predicted octanol–water partition coefficient (Wildman–Crippen LogP) is 6.89. The average molecular weight is 600 g/mol. The molecular weight excluding hydrogens is 584 g/mol. The first-order valence-corrected chi connectivity index (χ1v) is 11.5. The Bertz CT molecular complexity index is 1500. The fraction of sp³-hybridized carbons (Fsp3) is 0.192. The van der Waals surface area contributed by atoms with E-state index >= 15 is 0 Å². The third-order valence-electron chi connectivity index (χ3n) is 4.93. The van der Waals surface area contributed by atoms with Crippen LogP contribution < -0.4 is 24.3 Å². The van der Waals surface area contributed by atoms with E-state index in [-0.39, 0.29) is 33.4 Å². The van der Waals surface area contributed by atoms with Crippen molar-refractivity contribution in [3.63, 3.8) is 0 Å². The molecule has 0 aromatic heterocycles. The summed E-state index contributed by atoms with van der Waals surface area (Å²) in [4.78, 5) is 12.6. The van der Waals surface area contributed by atoms with Crippen LogP contribution in [-0.2, 0) is 0 Å². The molecule has 0 aliphatic heterocycles. The van der Waals surface area contributed by atoms with Crippen molar-refractivity contribution in [3.05, 3.63) is 76.8 Å². The van der Waals surface area contributed by atoms with Crippen LogP contribution in [0, 0.1) is 22.7 Å². The Morgan fingerprint density at radius 1 is 0.854 bits per heavy atom. The Morgan fingerprint density at radius 3 is 2.00 bits per heavy atom. The van der Waals surface area contributed by atoms with E-state index in [1.165, 1.54) is 25.1 Å². The Labute approximate surface area is 233 Å². The lowest BCUT2D eigenvalue weighted by Gasteiger charge is -2.24. The molecule has 3 aromatic carbocycles. The van der Waals surface area contributed by atoms with Gasteiger partial charge in [0, 0.05) is 17.7 Å². The van der Waals surface area contributed by atoms with Crippen molar-refractivity contribution in [1.82, 2.24) is 5.32 Å². The summed E-state index contributed by atoms with van der Waals surface area (Å²) in [7, 11) is 0. The highest BCUT2D eigenvalue weighted by Gasteiger charge is 2.32. The largest absolute Gasteiger partial charge is 0.573 e. The molecule has 0 radical (unpaired) electrons. The molecular formula is C26H16ClF6N3O5. The van der Waals surface area contributed by atoms with Crippen LogP contribution in [-0.4, -0.2) is 30.8 Å². The number of amides is 1. The molecule has 3 rings (SSSR count). The van der Waals surface area contributed by atoms with Gasteiger partial charge in [-0.1, -0.05) is 11.6 Å². The Balaban J connectivity index is 1.76. The maximum absolute atomic E-state index is 12.6. The summed E-state index contributed by atoms with van der Waals surface area (Å²) in [5, 5.41) is 21.1. The number of nitriles is 2. The zero-order valence-electron chi connectivity index (χ0n) is 20.6. The topological polar surface area (TPSA) is 114 Å². The number of alkyl halides is 6. The summed E-state index contributed by atoms with van der Waals surface area (Å²) in [6.45, 7) is 0.804. The monoisotopic (exact) mass is 599 g/mol. The SMILES string of the molecule is C[C@](C#N)(COc1cc(C#N)ccc1Oc1ccc(OC(F)(F)F)cc1Cl)NC(=O)c1ccc(OC(F)(F)F)cc1. The van der Waals surface area contributed by atoms with Crippen molar-refractivity contribution in [3.8, 4) is 40.9 Å². The van der Waals surface area contributed by atoms with Gasteiger partial charge in [0.15, 0.2) is 17.0 Å². The lowest BCUT2D eigenvalue weighted by molar-refractivity contribution is -0.275. The molecule has 3 aromatic rings. The second kappa shape index (κ2) is 12.1. The molecule has 0 aliphatic carbocycles. The third-order valence-corrected chi connectivity index (χ3v) is 5.23. The fourth-order valence-electron chi connectivity index (χ4n) is 3.10. The van der Waals surface area contributed by atoms with Crippen molar-refractivity contribution >= 4 is 17.5 Å². The van der Waals surface area contributed by atoms with Crippen LogP contribution in [0.15, 0.2) is 60.7 Å². The van der Waals surface area contributed by atoms with E-state index in [0.29, 0.717) is 0 Å². The van der Waals surface area contributed by atoms with Crippen LogP contribution in [0.5, 0.6) is 28.7 Å². The van der Waals surface area contributed by atoms with Gasteiger partial charge in [0.05, 0.1) is 22.7 Å². The Kier molecular flexibility index (Phi) is 9.10. The first kappa shape index (κ1) is 30.7. The average Bonchev–Trinajstić information content (AvgIpc) is 2.88. The van der Waals surface area contributed by atoms with Gasteiger partial charge in [-0.05, 0) is 55.5 Å². The summed E-state index contributed by atoms with van der Waals surface area (Å²) in [5.74, 6) is -2.17. The van der Waals surface area contributed by atoms with Crippen LogP contribution in [0.1, 0.15) is 22.8 Å². The number of rotatable bonds is 9. The summed E-state index contributed by atoms with van der Waals surface area (Å²) >= 11 is 6.03. The van der Waals surface area contributed by atoms with Gasteiger partial charge >= 0.3 is 12.7 Å². The van der Waals surface area contributed by atoms with E-state index in [1.807, 2.05) is 12.1 Å². The zero-order valence-corrected chi connectivity index (χ0v) is 21.3. The van der Waals surface area contributed by atoms with Crippen molar-refractivity contribution in [2.45, 2.75) is 25.2 Å². The maximum Gasteiger partial charge on any atom is 0.573 e. The highest BCUT2D eigenvalue weighted by atomic mass is 35.5. The second-order valence-corrected chi connectivity index (χ2v) is 8.68. The van der Waals surface area contributed by atoms with Gasteiger partial charge in [-0.2, -0.15) is 10.5 Å². The molecule has 0 aliphatic rings. The molecule has 8 nitrogen and oxygen atoms in total. The van der Waals surface area contributed by atoms with Crippen LogP contribution in [0.3, 0.4) is 0 Å². The molecule has 0 unspecified atom stereocenters. The summed E-state index contributed by atoms with van der Waals surface area (Å²) in [6, 6.07) is 14.6. The maximum atomic E-state index is 12.6. The van der Waals surface area contributed by atoms with Crippen molar-refractivity contribution in [2.24, 2.45) is 0 Å². The van der Waals surface area contributed by atoms with Gasteiger partial charge in [0.2, 0.25) is 0 Å². The highest BCUT2D eigenvalue weighted by molar-refractivity contribution is 6.32. The molecule has 0 bridgehead atoms. The van der Waals surface area contributed by atoms with Gasteiger partial charge in [0.1, 0.15) is 23.9 Å². The summed E-state index contributed by atoms with van der Waals surface area (Å²) in [6.07, 6.45) is -9.85. The van der Waals surface area contributed by atoms with Crippen LogP contribution >= 0.6 is 11.6 Å². The Morgan fingerprint density at radius 2 is 1.44 bits per heavy atom. The fourth-order valence-corrected chi connectivity index (χ4v) is 3.31. The van der Waals surface area contributed by atoms with Gasteiger partial charge < -0.3 is 24.3 Å². The minimum Gasteiger partial charge on any atom is -0.486 e. The van der Waals surface area contributed by atoms with Crippen LogP contribution in [0.2, 0.25) is 5.02 Å². The number of benzene rings is 3. The Hall–Kier alpha value is -4.82. The van der Waals surface area contributed by atoms with Crippen molar-refractivity contribution in [1.29, 1.82) is 10.5 Å². The van der Waals surface area contributed by atoms with Gasteiger partial charge in [0.25, 0.3) is 5.91 Å². The molecule has 0 heterocycles. The molecule has 0 saturated carbocycles. The molecule has 0 saturated heterocycles. The van der Waals surface area contributed by atoms with Gasteiger partial charge in [-0.3, -0.25) is 4.79 Å². The predicted molar refractivity (Wildman–Crippen MR) is 129 cm³/mol. The standard InChI is InChI=1S/C26H16ClF6N3O5/c1-24(13-35,36-23(37)16-3-5-17(6-4-16)40-25(28,29)30)14-38-22-10-15(12-34)2-8-21(22)39-20-9-7-18(11-19(20)27)41-26(31,32)33/h2-11H,14H2,1H3,(H,36,37)/t24-/m0/s1. The number of ether oxygens (including phenoxy) is 4. The number of hydrogen-bond acceptors (Lipinski definition) is 7. The highest BCUT2D eigenvalue weighted by Crippen LogP contribution is 2.38. The van der Waals surface area contributed by atoms with Crippen LogP contribution in [0.4, 0.5) is 26.3 Å². The number of nitrogens with one attached hydrogen (secondary N) is 1. The minimum absolute atomic E-state index is 0.0396. The number of carbonyl (C=O) groups excluding carboxylic acids is 1. The number of nitrogens with zero attached hydrogens (tertiary/aromatic N) is 2. The van der Waals surface area contributed by atoms with E-state index in [0.717, 1.165) is 42.5 Å². The van der Waals surface area contributed by atoms with Crippen molar-refractivity contribution in [2.75, 3.05) is 6.61 Å². The summed E-state index contributed by atoms with van der Waals surface area (Å²) < 4.78 is 93.4. The summed E-state index contributed by atoms with van der Waals surface area (Å²) in [5.41, 5.74) is -1.65. The number of carbonyl (C=O) groups is 1. The van der Waals surface area contributed by atoms with Crippen molar-refractivity contribution < 1.29 is 50.1 Å². The smallest absolute Gasteiger partial charge is 0.486 e. The molecule has 0 fully saturated rings. The van der Waals surface area contributed by atoms with E-state index in [1.54, 1.807) is 0 Å². The molecule has 1 N–H and O–H groups in total. The van der Waals surface area contributed by atoms with Gasteiger partial charge in [-0.15, -0.1) is 26.3 Å². The molecule has 1 atom stereocenters. The minimum atomic E-state index is -4.94. The van der Waals surface area contributed by atoms with E-state index in [2.05, 4.69) is 14.8 Å². The van der Waals surface area contributed by atoms with E-state index < -0.39 is 42.3 Å². The first-order valence-electron chi connectivity index (χ1n) is 11.1. The normalized spacial score (nSPS) is 12.7.